The first-order valence-corrected chi connectivity index (χ1v) is 6.12. The molecule has 0 spiro atoms. The van der Waals surface area contributed by atoms with E-state index in [0.29, 0.717) is 6.54 Å². The second kappa shape index (κ2) is 4.14. The molecule has 0 aliphatic carbocycles. The number of hydrogen-bond donors (Lipinski definition) is 0. The second-order valence-electron chi connectivity index (χ2n) is 4.37. The van der Waals surface area contributed by atoms with Gasteiger partial charge in [0.05, 0.1) is 6.54 Å². The van der Waals surface area contributed by atoms with Crippen molar-refractivity contribution in [1.29, 1.82) is 0 Å². The van der Waals surface area contributed by atoms with Crippen molar-refractivity contribution in [2.24, 2.45) is 7.05 Å². The van der Waals surface area contributed by atoms with Gasteiger partial charge in [-0.05, 0) is 31.2 Å². The van der Waals surface area contributed by atoms with Gasteiger partial charge in [-0.25, -0.2) is 0 Å². The van der Waals surface area contributed by atoms with E-state index in [1.165, 1.54) is 0 Å². The Bertz CT molecular complexity index is 711. The molecule has 5 heteroatoms. The smallest absolute Gasteiger partial charge is 0.152 e. The lowest BCUT2D eigenvalue weighted by atomic mass is 10.2. The molecule has 0 bridgehead atoms. The summed E-state index contributed by atoms with van der Waals surface area (Å²) in [6.45, 7) is 2.66. The summed E-state index contributed by atoms with van der Waals surface area (Å²) in [6, 6.07) is 7.96. The molecule has 0 saturated heterocycles. The van der Waals surface area contributed by atoms with E-state index in [-0.39, 0.29) is 0 Å². The Morgan fingerprint density at radius 2 is 2.06 bits per heavy atom. The van der Waals surface area contributed by atoms with E-state index >= 15 is 0 Å². The van der Waals surface area contributed by atoms with Crippen molar-refractivity contribution in [3.63, 3.8) is 0 Å². The van der Waals surface area contributed by atoms with Gasteiger partial charge in [0, 0.05) is 29.2 Å². The van der Waals surface area contributed by atoms with Gasteiger partial charge in [-0.15, -0.1) is 10.2 Å². The van der Waals surface area contributed by atoms with Gasteiger partial charge in [-0.3, -0.25) is 0 Å². The van der Waals surface area contributed by atoms with Gasteiger partial charge in [0.2, 0.25) is 0 Å². The van der Waals surface area contributed by atoms with Crippen molar-refractivity contribution in [2.75, 3.05) is 0 Å². The monoisotopic (exact) mass is 260 g/mol. The van der Waals surface area contributed by atoms with Gasteiger partial charge < -0.3 is 9.13 Å². The third-order valence-corrected chi connectivity index (χ3v) is 3.46. The molecule has 0 N–H and O–H groups in total. The minimum absolute atomic E-state index is 0.711. The number of fused-ring (bicyclic) bond motifs is 1. The topological polar surface area (TPSA) is 35.6 Å². The molecule has 0 fully saturated rings. The van der Waals surface area contributed by atoms with Crippen LogP contribution in [0.4, 0.5) is 0 Å². The van der Waals surface area contributed by atoms with Crippen molar-refractivity contribution in [3.05, 3.63) is 47.1 Å². The van der Waals surface area contributed by atoms with Gasteiger partial charge in [-0.1, -0.05) is 11.6 Å². The molecule has 0 aliphatic heterocycles. The van der Waals surface area contributed by atoms with E-state index in [4.69, 9.17) is 11.6 Å². The van der Waals surface area contributed by atoms with Crippen LogP contribution >= 0.6 is 11.6 Å². The molecule has 92 valence electrons. The van der Waals surface area contributed by atoms with E-state index in [9.17, 15) is 0 Å². The molecule has 18 heavy (non-hydrogen) atoms. The Labute approximate surface area is 110 Å². The fourth-order valence-electron chi connectivity index (χ4n) is 2.05. The maximum Gasteiger partial charge on any atom is 0.152 e. The Morgan fingerprint density at radius 1 is 1.22 bits per heavy atom. The summed E-state index contributed by atoms with van der Waals surface area (Å²) < 4.78 is 4.15. The largest absolute Gasteiger partial charge is 0.340 e. The molecular formula is C13H13ClN4. The Hall–Kier alpha value is -1.81. The zero-order valence-corrected chi connectivity index (χ0v) is 11.0. The lowest BCUT2D eigenvalue weighted by Gasteiger charge is -2.05. The Balaban J connectivity index is 2.03. The molecule has 0 amide bonds. The fourth-order valence-corrected chi connectivity index (χ4v) is 2.23. The highest BCUT2D eigenvalue weighted by atomic mass is 35.5. The number of halogens is 1. The van der Waals surface area contributed by atoms with Crippen LogP contribution in [0.2, 0.25) is 5.02 Å². The summed E-state index contributed by atoms with van der Waals surface area (Å²) >= 11 is 5.98. The molecule has 2 aromatic heterocycles. The minimum atomic E-state index is 0.711. The molecule has 3 rings (SSSR count). The van der Waals surface area contributed by atoms with E-state index in [1.807, 2.05) is 42.9 Å². The molecule has 0 unspecified atom stereocenters. The third kappa shape index (κ3) is 1.78. The van der Waals surface area contributed by atoms with Crippen LogP contribution in [-0.4, -0.2) is 19.3 Å². The molecule has 0 saturated carbocycles. The number of aromatic nitrogens is 4. The molecule has 4 nitrogen and oxygen atoms in total. The van der Waals surface area contributed by atoms with Crippen molar-refractivity contribution in [2.45, 2.75) is 13.5 Å². The summed E-state index contributed by atoms with van der Waals surface area (Å²) in [5.74, 6) is 1.87. The molecular weight excluding hydrogens is 248 g/mol. The summed E-state index contributed by atoms with van der Waals surface area (Å²) in [7, 11) is 1.98. The second-order valence-corrected chi connectivity index (χ2v) is 4.81. The molecule has 0 aliphatic rings. The van der Waals surface area contributed by atoms with Crippen LogP contribution < -0.4 is 0 Å². The number of nitrogens with zero attached hydrogens (tertiary/aromatic N) is 4. The maximum absolute atomic E-state index is 5.98. The molecule has 2 heterocycles. The molecule has 3 aromatic rings. The van der Waals surface area contributed by atoms with E-state index in [2.05, 4.69) is 20.8 Å². The standard InChI is InChI=1S/C13H13ClN4/c1-9-15-16-13(17(9)2)8-18-6-5-10-7-11(14)3-4-12(10)18/h3-7H,8H2,1-2H3. The minimum Gasteiger partial charge on any atom is -0.340 e. The fraction of sp³-hybridized carbons (Fsp3) is 0.231. The third-order valence-electron chi connectivity index (χ3n) is 3.23. The van der Waals surface area contributed by atoms with Gasteiger partial charge >= 0.3 is 0 Å². The Morgan fingerprint density at radius 3 is 2.78 bits per heavy atom. The first-order chi connectivity index (χ1) is 8.65. The molecule has 0 radical (unpaired) electrons. The van der Waals surface area contributed by atoms with Crippen LogP contribution in [0.25, 0.3) is 10.9 Å². The van der Waals surface area contributed by atoms with Crippen molar-refractivity contribution in [1.82, 2.24) is 19.3 Å². The van der Waals surface area contributed by atoms with Gasteiger partial charge in [0.25, 0.3) is 0 Å². The van der Waals surface area contributed by atoms with Crippen LogP contribution in [0.5, 0.6) is 0 Å². The highest BCUT2D eigenvalue weighted by Gasteiger charge is 2.07. The molecule has 1 aromatic carbocycles. The van der Waals surface area contributed by atoms with Crippen molar-refractivity contribution < 1.29 is 0 Å². The zero-order valence-electron chi connectivity index (χ0n) is 10.3. The van der Waals surface area contributed by atoms with Gasteiger partial charge in [-0.2, -0.15) is 0 Å². The number of aryl methyl sites for hydroxylation is 1. The average molecular weight is 261 g/mol. The predicted octanol–water partition coefficient (Wildman–Crippen LogP) is 2.78. The van der Waals surface area contributed by atoms with Crippen molar-refractivity contribution in [3.8, 4) is 0 Å². The predicted molar refractivity (Wildman–Crippen MR) is 71.8 cm³/mol. The number of rotatable bonds is 2. The van der Waals surface area contributed by atoms with Crippen LogP contribution in [0.3, 0.4) is 0 Å². The van der Waals surface area contributed by atoms with Gasteiger partial charge in [0.15, 0.2) is 5.82 Å². The van der Waals surface area contributed by atoms with Crippen LogP contribution in [0.15, 0.2) is 30.5 Å². The van der Waals surface area contributed by atoms with E-state index in [1.54, 1.807) is 0 Å². The first kappa shape index (κ1) is 11.3. The van der Waals surface area contributed by atoms with E-state index in [0.717, 1.165) is 27.6 Å². The summed E-state index contributed by atoms with van der Waals surface area (Å²) in [4.78, 5) is 0. The average Bonchev–Trinajstić information content (AvgIpc) is 2.88. The van der Waals surface area contributed by atoms with Crippen LogP contribution in [0, 0.1) is 6.92 Å². The van der Waals surface area contributed by atoms with Crippen LogP contribution in [-0.2, 0) is 13.6 Å². The van der Waals surface area contributed by atoms with E-state index < -0.39 is 0 Å². The highest BCUT2D eigenvalue weighted by molar-refractivity contribution is 6.31. The number of hydrogen-bond acceptors (Lipinski definition) is 2. The lowest BCUT2D eigenvalue weighted by molar-refractivity contribution is 0.708. The zero-order chi connectivity index (χ0) is 12.7. The summed E-state index contributed by atoms with van der Waals surface area (Å²) in [5.41, 5.74) is 1.15. The first-order valence-electron chi connectivity index (χ1n) is 5.74. The lowest BCUT2D eigenvalue weighted by Crippen LogP contribution is -2.05. The SMILES string of the molecule is Cc1nnc(Cn2ccc3cc(Cl)ccc32)n1C. The quantitative estimate of drug-likeness (QED) is 0.710. The summed E-state index contributed by atoms with van der Waals surface area (Å²) in [6.07, 6.45) is 2.05. The van der Waals surface area contributed by atoms with Gasteiger partial charge in [0.1, 0.15) is 5.82 Å². The molecule has 0 atom stereocenters. The Kier molecular flexibility index (Phi) is 2.59. The van der Waals surface area contributed by atoms with Crippen LogP contribution in [0.1, 0.15) is 11.6 Å². The highest BCUT2D eigenvalue weighted by Crippen LogP contribution is 2.21. The maximum atomic E-state index is 5.98. The van der Waals surface area contributed by atoms with Crippen molar-refractivity contribution >= 4 is 22.5 Å². The summed E-state index contributed by atoms with van der Waals surface area (Å²) in [5, 5.41) is 10.1. The number of benzene rings is 1. The normalized spacial score (nSPS) is 11.3.